The third-order valence-corrected chi connectivity index (χ3v) is 2.82. The van der Waals surface area contributed by atoms with Gasteiger partial charge in [-0.3, -0.25) is 0 Å². The van der Waals surface area contributed by atoms with Crippen LogP contribution in [-0.4, -0.2) is 12.1 Å². The number of rotatable bonds is 1. The van der Waals surface area contributed by atoms with Crippen molar-refractivity contribution in [1.29, 1.82) is 5.26 Å². The number of nitrogens with zero attached hydrogens (tertiary/aromatic N) is 2. The van der Waals surface area contributed by atoms with E-state index in [1.807, 2.05) is 18.2 Å². The van der Waals surface area contributed by atoms with Crippen molar-refractivity contribution in [3.8, 4) is 11.8 Å². The molecule has 0 unspecified atom stereocenters. The molecular formula is C12H9ClN2O. The van der Waals surface area contributed by atoms with E-state index in [2.05, 4.69) is 11.1 Å². The van der Waals surface area contributed by atoms with Gasteiger partial charge in [-0.1, -0.05) is 23.7 Å². The molecule has 4 heteroatoms. The van der Waals surface area contributed by atoms with Crippen LogP contribution in [0, 0.1) is 18.3 Å². The van der Waals surface area contributed by atoms with Crippen LogP contribution in [0.25, 0.3) is 10.9 Å². The Kier molecular flexibility index (Phi) is 2.67. The minimum absolute atomic E-state index is 0.419. The van der Waals surface area contributed by atoms with Crippen molar-refractivity contribution in [1.82, 2.24) is 4.98 Å². The van der Waals surface area contributed by atoms with Crippen LogP contribution in [-0.2, 0) is 0 Å². The summed E-state index contributed by atoms with van der Waals surface area (Å²) in [7, 11) is 1.58. The number of fused-ring (bicyclic) bond motifs is 1. The zero-order valence-corrected chi connectivity index (χ0v) is 9.67. The number of halogens is 1. The number of ether oxygens (including phenoxy) is 1. The van der Waals surface area contributed by atoms with Crippen LogP contribution in [0.4, 0.5) is 0 Å². The maximum atomic E-state index is 8.98. The minimum Gasteiger partial charge on any atom is -0.494 e. The second-order valence-corrected chi connectivity index (χ2v) is 3.73. The molecule has 2 aromatic rings. The molecule has 0 bridgehead atoms. The maximum Gasteiger partial charge on any atom is 0.145 e. The van der Waals surface area contributed by atoms with Crippen molar-refractivity contribution < 1.29 is 4.74 Å². The first kappa shape index (κ1) is 10.7. The zero-order chi connectivity index (χ0) is 11.7. The summed E-state index contributed by atoms with van der Waals surface area (Å²) in [6.45, 7) is 1.76. The van der Waals surface area contributed by atoms with Crippen molar-refractivity contribution in [2.24, 2.45) is 0 Å². The number of pyridine rings is 1. The topological polar surface area (TPSA) is 45.9 Å². The third-order valence-electron chi connectivity index (χ3n) is 2.43. The first-order valence-electron chi connectivity index (χ1n) is 4.72. The molecule has 80 valence electrons. The SMILES string of the molecule is COc1cccc2c(Cl)c(C#N)c(C)nc12. The molecule has 0 aliphatic carbocycles. The number of benzene rings is 1. The summed E-state index contributed by atoms with van der Waals surface area (Å²) in [6, 6.07) is 7.53. The van der Waals surface area contributed by atoms with Gasteiger partial charge in [-0.15, -0.1) is 0 Å². The normalized spacial score (nSPS) is 10.1. The average Bonchev–Trinajstić information content (AvgIpc) is 2.29. The lowest BCUT2D eigenvalue weighted by Crippen LogP contribution is -1.94. The molecule has 16 heavy (non-hydrogen) atoms. The summed E-state index contributed by atoms with van der Waals surface area (Å²) in [4.78, 5) is 4.35. The Morgan fingerprint density at radius 3 is 2.81 bits per heavy atom. The largest absolute Gasteiger partial charge is 0.494 e. The van der Waals surface area contributed by atoms with Gasteiger partial charge in [0.05, 0.1) is 23.4 Å². The van der Waals surface area contributed by atoms with E-state index in [4.69, 9.17) is 21.6 Å². The molecule has 0 amide bonds. The van der Waals surface area contributed by atoms with Crippen LogP contribution in [0.5, 0.6) is 5.75 Å². The average molecular weight is 233 g/mol. The Hall–Kier alpha value is -1.79. The number of nitriles is 1. The third kappa shape index (κ3) is 1.48. The van der Waals surface area contributed by atoms with E-state index in [0.29, 0.717) is 27.5 Å². The van der Waals surface area contributed by atoms with Gasteiger partial charge in [0.15, 0.2) is 0 Å². The molecule has 3 nitrogen and oxygen atoms in total. The van der Waals surface area contributed by atoms with E-state index >= 15 is 0 Å². The van der Waals surface area contributed by atoms with Crippen LogP contribution in [0.15, 0.2) is 18.2 Å². The highest BCUT2D eigenvalue weighted by Crippen LogP contribution is 2.32. The standard InChI is InChI=1S/C12H9ClN2O/c1-7-9(6-14)11(13)8-4-3-5-10(16-2)12(8)15-7/h3-5H,1-2H3. The number of para-hydroxylation sites is 1. The number of hydrogen-bond acceptors (Lipinski definition) is 3. The molecule has 0 saturated carbocycles. The summed E-state index contributed by atoms with van der Waals surface area (Å²) in [5.41, 5.74) is 1.72. The van der Waals surface area contributed by atoms with Crippen molar-refractivity contribution >= 4 is 22.5 Å². The monoisotopic (exact) mass is 232 g/mol. The summed E-state index contributed by atoms with van der Waals surface area (Å²) in [5, 5.41) is 10.2. The molecule has 2 rings (SSSR count). The highest BCUT2D eigenvalue weighted by Gasteiger charge is 2.12. The molecule has 0 radical (unpaired) electrons. The second kappa shape index (κ2) is 3.99. The first-order chi connectivity index (χ1) is 7.69. The molecule has 0 aliphatic rings. The van der Waals surface area contributed by atoms with Crippen LogP contribution in [0.2, 0.25) is 5.02 Å². The van der Waals surface area contributed by atoms with Crippen molar-refractivity contribution in [3.05, 3.63) is 34.5 Å². The van der Waals surface area contributed by atoms with Gasteiger partial charge in [0.2, 0.25) is 0 Å². The highest BCUT2D eigenvalue weighted by atomic mass is 35.5. The molecule has 0 fully saturated rings. The number of aryl methyl sites for hydroxylation is 1. The molecular weight excluding hydrogens is 224 g/mol. The number of methoxy groups -OCH3 is 1. The molecule has 1 aromatic heterocycles. The van der Waals surface area contributed by atoms with E-state index in [1.165, 1.54) is 0 Å². The van der Waals surface area contributed by atoms with E-state index in [-0.39, 0.29) is 0 Å². The smallest absolute Gasteiger partial charge is 0.145 e. The zero-order valence-electron chi connectivity index (χ0n) is 8.91. The van der Waals surface area contributed by atoms with E-state index < -0.39 is 0 Å². The van der Waals surface area contributed by atoms with Gasteiger partial charge in [0, 0.05) is 5.39 Å². The van der Waals surface area contributed by atoms with E-state index in [1.54, 1.807) is 14.0 Å². The molecule has 0 N–H and O–H groups in total. The minimum atomic E-state index is 0.419. The van der Waals surface area contributed by atoms with Gasteiger partial charge in [0.1, 0.15) is 17.3 Å². The number of aromatic nitrogens is 1. The van der Waals surface area contributed by atoms with Gasteiger partial charge < -0.3 is 4.74 Å². The van der Waals surface area contributed by atoms with Crippen molar-refractivity contribution in [2.75, 3.05) is 7.11 Å². The van der Waals surface area contributed by atoms with Crippen molar-refractivity contribution in [2.45, 2.75) is 6.92 Å². The lowest BCUT2D eigenvalue weighted by molar-refractivity contribution is 0.419. The van der Waals surface area contributed by atoms with Gasteiger partial charge in [-0.2, -0.15) is 5.26 Å². The second-order valence-electron chi connectivity index (χ2n) is 3.35. The summed E-state index contributed by atoms with van der Waals surface area (Å²) in [6.07, 6.45) is 0. The lowest BCUT2D eigenvalue weighted by atomic mass is 10.1. The van der Waals surface area contributed by atoms with E-state index in [0.717, 1.165) is 5.39 Å². The molecule has 0 atom stereocenters. The maximum absolute atomic E-state index is 8.98. The van der Waals surface area contributed by atoms with Crippen LogP contribution in [0.3, 0.4) is 0 Å². The molecule has 1 aromatic carbocycles. The Labute approximate surface area is 98.2 Å². The van der Waals surface area contributed by atoms with Crippen molar-refractivity contribution in [3.63, 3.8) is 0 Å². The Bertz CT molecular complexity index is 602. The van der Waals surface area contributed by atoms with Gasteiger partial charge in [-0.25, -0.2) is 4.98 Å². The quantitative estimate of drug-likeness (QED) is 0.759. The Morgan fingerprint density at radius 2 is 2.19 bits per heavy atom. The Balaban J connectivity index is 2.93. The predicted octanol–water partition coefficient (Wildman–Crippen LogP) is 3.08. The fraction of sp³-hybridized carbons (Fsp3) is 0.167. The molecule has 0 saturated heterocycles. The Morgan fingerprint density at radius 1 is 1.44 bits per heavy atom. The predicted molar refractivity (Wildman–Crippen MR) is 62.8 cm³/mol. The van der Waals surface area contributed by atoms with Gasteiger partial charge in [-0.05, 0) is 13.0 Å². The van der Waals surface area contributed by atoms with Crippen LogP contribution >= 0.6 is 11.6 Å². The highest BCUT2D eigenvalue weighted by molar-refractivity contribution is 6.36. The summed E-state index contributed by atoms with van der Waals surface area (Å²) in [5.74, 6) is 0.659. The number of hydrogen-bond donors (Lipinski definition) is 0. The van der Waals surface area contributed by atoms with Crippen LogP contribution in [0.1, 0.15) is 11.3 Å². The summed E-state index contributed by atoms with van der Waals surface area (Å²) < 4.78 is 5.21. The van der Waals surface area contributed by atoms with E-state index in [9.17, 15) is 0 Å². The lowest BCUT2D eigenvalue weighted by Gasteiger charge is -2.08. The summed E-state index contributed by atoms with van der Waals surface area (Å²) >= 11 is 6.16. The van der Waals surface area contributed by atoms with Crippen LogP contribution < -0.4 is 4.74 Å². The molecule has 0 aliphatic heterocycles. The van der Waals surface area contributed by atoms with Gasteiger partial charge in [0.25, 0.3) is 0 Å². The fourth-order valence-electron chi connectivity index (χ4n) is 1.63. The van der Waals surface area contributed by atoms with Gasteiger partial charge >= 0.3 is 0 Å². The first-order valence-corrected chi connectivity index (χ1v) is 5.09. The fourth-order valence-corrected chi connectivity index (χ4v) is 1.96. The molecule has 1 heterocycles. The molecule has 0 spiro atoms.